The van der Waals surface area contributed by atoms with E-state index in [0.29, 0.717) is 13.2 Å². The number of ether oxygens (including phenoxy) is 1. The number of fused-ring (bicyclic) bond motifs is 1. The van der Waals surface area contributed by atoms with Crippen molar-refractivity contribution in [2.24, 2.45) is 0 Å². The lowest BCUT2D eigenvalue weighted by Crippen LogP contribution is -2.54. The minimum atomic E-state index is 0.156. The molecule has 0 bridgehead atoms. The van der Waals surface area contributed by atoms with E-state index in [1.165, 1.54) is 12.8 Å². The van der Waals surface area contributed by atoms with Crippen LogP contribution < -0.4 is 0 Å². The number of hydrogen-bond donors (Lipinski definition) is 0. The summed E-state index contributed by atoms with van der Waals surface area (Å²) in [7, 11) is 0. The zero-order valence-corrected chi connectivity index (χ0v) is 13.4. The molecule has 0 spiro atoms. The fourth-order valence-corrected chi connectivity index (χ4v) is 3.69. The van der Waals surface area contributed by atoms with Crippen molar-refractivity contribution < 1.29 is 9.53 Å². The molecule has 1 aliphatic carbocycles. The Balaban J connectivity index is 1.87. The number of benzene rings is 1. The van der Waals surface area contributed by atoms with Gasteiger partial charge in [-0.15, -0.1) is 0 Å². The standard InChI is InChI=1S/C16H20BrNO2/c1-11-6-7-12(17)10-13(11)16(19)18-8-9-20-15-5-3-2-4-14(15)18/h6-7,10,14-15H,2-5,8-9H2,1H3. The smallest absolute Gasteiger partial charge is 0.254 e. The zero-order chi connectivity index (χ0) is 14.1. The van der Waals surface area contributed by atoms with Crippen molar-refractivity contribution in [3.05, 3.63) is 33.8 Å². The van der Waals surface area contributed by atoms with Crippen molar-refractivity contribution in [3.63, 3.8) is 0 Å². The van der Waals surface area contributed by atoms with Gasteiger partial charge in [0.25, 0.3) is 5.91 Å². The van der Waals surface area contributed by atoms with Gasteiger partial charge in [-0.2, -0.15) is 0 Å². The number of carbonyl (C=O) groups is 1. The van der Waals surface area contributed by atoms with Crippen LogP contribution in [0.25, 0.3) is 0 Å². The highest BCUT2D eigenvalue weighted by Crippen LogP contribution is 2.30. The molecule has 2 atom stereocenters. The Morgan fingerprint density at radius 1 is 1.35 bits per heavy atom. The normalized spacial score (nSPS) is 26.2. The highest BCUT2D eigenvalue weighted by molar-refractivity contribution is 9.10. The molecule has 3 rings (SSSR count). The molecule has 20 heavy (non-hydrogen) atoms. The van der Waals surface area contributed by atoms with Gasteiger partial charge in [0.2, 0.25) is 0 Å². The fraction of sp³-hybridized carbons (Fsp3) is 0.562. The summed E-state index contributed by atoms with van der Waals surface area (Å²) in [6, 6.07) is 6.18. The minimum Gasteiger partial charge on any atom is -0.374 e. The summed E-state index contributed by atoms with van der Waals surface area (Å²) in [5.41, 5.74) is 1.85. The fourth-order valence-electron chi connectivity index (χ4n) is 3.33. The molecular weight excluding hydrogens is 318 g/mol. The maximum atomic E-state index is 12.9. The first-order valence-corrected chi connectivity index (χ1v) is 8.15. The zero-order valence-electron chi connectivity index (χ0n) is 11.8. The third kappa shape index (κ3) is 2.63. The molecule has 108 valence electrons. The quantitative estimate of drug-likeness (QED) is 0.784. The molecule has 0 N–H and O–H groups in total. The molecule has 1 amide bonds. The first-order chi connectivity index (χ1) is 9.66. The van der Waals surface area contributed by atoms with Gasteiger partial charge in [0.1, 0.15) is 0 Å². The van der Waals surface area contributed by atoms with E-state index < -0.39 is 0 Å². The third-order valence-corrected chi connectivity index (χ3v) is 4.92. The summed E-state index contributed by atoms with van der Waals surface area (Å²) in [6.07, 6.45) is 4.83. The molecule has 2 unspecified atom stereocenters. The van der Waals surface area contributed by atoms with Crippen molar-refractivity contribution in [1.29, 1.82) is 0 Å². The third-order valence-electron chi connectivity index (χ3n) is 4.42. The lowest BCUT2D eigenvalue weighted by Gasteiger charge is -2.44. The van der Waals surface area contributed by atoms with Gasteiger partial charge in [-0.3, -0.25) is 4.79 Å². The second-order valence-electron chi connectivity index (χ2n) is 5.72. The van der Waals surface area contributed by atoms with Crippen LogP contribution in [0.2, 0.25) is 0 Å². The highest BCUT2D eigenvalue weighted by Gasteiger charge is 2.37. The first-order valence-electron chi connectivity index (χ1n) is 7.35. The van der Waals surface area contributed by atoms with Crippen molar-refractivity contribution in [2.75, 3.05) is 13.2 Å². The van der Waals surface area contributed by atoms with E-state index >= 15 is 0 Å². The van der Waals surface area contributed by atoms with E-state index in [-0.39, 0.29) is 18.1 Å². The van der Waals surface area contributed by atoms with Crippen LogP contribution in [-0.2, 0) is 4.74 Å². The molecule has 1 saturated carbocycles. The Hall–Kier alpha value is -0.870. The van der Waals surface area contributed by atoms with Gasteiger partial charge >= 0.3 is 0 Å². The summed E-state index contributed by atoms with van der Waals surface area (Å²) >= 11 is 3.46. The van der Waals surface area contributed by atoms with Crippen LogP contribution in [-0.4, -0.2) is 36.1 Å². The molecule has 1 aliphatic heterocycles. The van der Waals surface area contributed by atoms with Crippen LogP contribution in [0.15, 0.2) is 22.7 Å². The molecule has 4 heteroatoms. The predicted octanol–water partition coefficient (Wildman–Crippen LogP) is 3.54. The van der Waals surface area contributed by atoms with Gasteiger partial charge in [-0.1, -0.05) is 34.8 Å². The van der Waals surface area contributed by atoms with Crippen LogP contribution in [0.3, 0.4) is 0 Å². The predicted molar refractivity (Wildman–Crippen MR) is 81.9 cm³/mol. The molecule has 0 radical (unpaired) electrons. The average molecular weight is 338 g/mol. The second kappa shape index (κ2) is 5.86. The molecule has 1 aromatic rings. The van der Waals surface area contributed by atoms with Gasteiger partial charge in [0.05, 0.1) is 18.8 Å². The van der Waals surface area contributed by atoms with Gasteiger partial charge in [-0.25, -0.2) is 0 Å². The maximum absolute atomic E-state index is 12.9. The minimum absolute atomic E-state index is 0.156. The largest absolute Gasteiger partial charge is 0.374 e. The summed E-state index contributed by atoms with van der Waals surface area (Å²) in [6.45, 7) is 3.38. The Kier molecular flexibility index (Phi) is 4.13. The van der Waals surface area contributed by atoms with E-state index in [4.69, 9.17) is 4.74 Å². The van der Waals surface area contributed by atoms with Crippen molar-refractivity contribution in [3.8, 4) is 0 Å². The van der Waals surface area contributed by atoms with Crippen molar-refractivity contribution >= 4 is 21.8 Å². The second-order valence-corrected chi connectivity index (χ2v) is 6.63. The van der Waals surface area contributed by atoms with E-state index in [2.05, 4.69) is 15.9 Å². The van der Waals surface area contributed by atoms with E-state index in [1.807, 2.05) is 30.0 Å². The molecule has 1 aromatic carbocycles. The molecule has 0 aromatic heterocycles. The van der Waals surface area contributed by atoms with E-state index in [9.17, 15) is 4.79 Å². The van der Waals surface area contributed by atoms with Crippen LogP contribution in [0.4, 0.5) is 0 Å². The molecule has 2 fully saturated rings. The summed E-state index contributed by atoms with van der Waals surface area (Å²) < 4.78 is 6.81. The van der Waals surface area contributed by atoms with Crippen LogP contribution in [0, 0.1) is 6.92 Å². The van der Waals surface area contributed by atoms with Gasteiger partial charge in [-0.05, 0) is 37.5 Å². The number of amides is 1. The maximum Gasteiger partial charge on any atom is 0.254 e. The van der Waals surface area contributed by atoms with Crippen LogP contribution in [0.1, 0.15) is 41.6 Å². The number of aryl methyl sites for hydroxylation is 1. The van der Waals surface area contributed by atoms with Gasteiger partial charge in [0, 0.05) is 16.6 Å². The summed E-state index contributed by atoms with van der Waals surface area (Å²) in [5, 5.41) is 0. The number of morpholine rings is 1. The van der Waals surface area contributed by atoms with Crippen molar-refractivity contribution in [2.45, 2.75) is 44.8 Å². The van der Waals surface area contributed by atoms with E-state index in [0.717, 1.165) is 28.4 Å². The highest BCUT2D eigenvalue weighted by atomic mass is 79.9. The van der Waals surface area contributed by atoms with Crippen LogP contribution >= 0.6 is 15.9 Å². The van der Waals surface area contributed by atoms with E-state index in [1.54, 1.807) is 0 Å². The first kappa shape index (κ1) is 14.1. The molecular formula is C16H20BrNO2. The Bertz CT molecular complexity index is 515. The topological polar surface area (TPSA) is 29.5 Å². The average Bonchev–Trinajstić information content (AvgIpc) is 2.48. The lowest BCUT2D eigenvalue weighted by atomic mass is 9.89. The SMILES string of the molecule is Cc1ccc(Br)cc1C(=O)N1CCOC2CCCCC21. The lowest BCUT2D eigenvalue weighted by molar-refractivity contribution is -0.0753. The molecule has 2 aliphatic rings. The number of nitrogens with zero attached hydrogens (tertiary/aromatic N) is 1. The Morgan fingerprint density at radius 2 is 2.15 bits per heavy atom. The summed E-state index contributed by atoms with van der Waals surface area (Å²) in [4.78, 5) is 14.9. The molecule has 3 nitrogen and oxygen atoms in total. The molecule has 1 heterocycles. The Labute approximate surface area is 128 Å². The number of rotatable bonds is 1. The number of halogens is 1. The van der Waals surface area contributed by atoms with Gasteiger partial charge < -0.3 is 9.64 Å². The van der Waals surface area contributed by atoms with Crippen molar-refractivity contribution in [1.82, 2.24) is 4.90 Å². The monoisotopic (exact) mass is 337 g/mol. The molecule has 1 saturated heterocycles. The Morgan fingerprint density at radius 3 is 3.00 bits per heavy atom. The summed E-state index contributed by atoms with van der Waals surface area (Å²) in [5.74, 6) is 0.156. The number of carbonyl (C=O) groups excluding carboxylic acids is 1. The van der Waals surface area contributed by atoms with Crippen LogP contribution in [0.5, 0.6) is 0 Å². The van der Waals surface area contributed by atoms with Gasteiger partial charge in [0.15, 0.2) is 0 Å². The number of hydrogen-bond acceptors (Lipinski definition) is 2.